The highest BCUT2D eigenvalue weighted by Gasteiger charge is 2.12. The molecule has 0 amide bonds. The molecule has 0 saturated heterocycles. The van der Waals surface area contributed by atoms with E-state index < -0.39 is 0 Å². The summed E-state index contributed by atoms with van der Waals surface area (Å²) in [5.74, 6) is 0.404. The quantitative estimate of drug-likeness (QED) is 0.394. The minimum atomic E-state index is 0.404. The minimum Gasteiger partial charge on any atom is -0.409 e. The monoisotopic (exact) mass is 272 g/mol. The zero-order chi connectivity index (χ0) is 14.4. The first-order valence-corrected chi connectivity index (χ1v) is 6.99. The van der Waals surface area contributed by atoms with Gasteiger partial charge in [0.1, 0.15) is 12.7 Å². The van der Waals surface area contributed by atoms with Crippen LogP contribution in [0.15, 0.2) is 36.0 Å². The van der Waals surface area contributed by atoms with E-state index in [2.05, 4.69) is 41.2 Å². The lowest BCUT2D eigenvalue weighted by atomic mass is 9.98. The standard InChI is InChI=1S/C15H20N4O/c1-3-5-6-12-7-8-14(13(4-2)9-12)15(18-20)19-11-16-10-17-19/h7-11,20H,3-6H2,1-2H3. The topological polar surface area (TPSA) is 63.3 Å². The lowest BCUT2D eigenvalue weighted by Crippen LogP contribution is -2.16. The highest BCUT2D eigenvalue weighted by molar-refractivity contribution is 6.00. The van der Waals surface area contributed by atoms with Crippen LogP contribution in [-0.2, 0) is 12.8 Å². The fourth-order valence-corrected chi connectivity index (χ4v) is 2.23. The van der Waals surface area contributed by atoms with Crippen molar-refractivity contribution in [2.75, 3.05) is 0 Å². The maximum Gasteiger partial charge on any atom is 0.201 e. The van der Waals surface area contributed by atoms with Crippen LogP contribution in [0.4, 0.5) is 0 Å². The molecule has 0 aliphatic carbocycles. The summed E-state index contributed by atoms with van der Waals surface area (Å²) in [6.07, 6.45) is 7.28. The Labute approximate surface area is 119 Å². The highest BCUT2D eigenvalue weighted by atomic mass is 16.4. The second-order valence-electron chi connectivity index (χ2n) is 4.71. The Bertz CT molecular complexity index is 576. The number of aromatic nitrogens is 3. The van der Waals surface area contributed by atoms with Crippen LogP contribution in [0, 0.1) is 0 Å². The number of benzene rings is 1. The number of hydrogen-bond acceptors (Lipinski definition) is 4. The number of nitrogens with zero attached hydrogens (tertiary/aromatic N) is 4. The smallest absolute Gasteiger partial charge is 0.201 e. The molecule has 106 valence electrons. The maximum absolute atomic E-state index is 9.28. The van der Waals surface area contributed by atoms with E-state index >= 15 is 0 Å². The summed E-state index contributed by atoms with van der Waals surface area (Å²) >= 11 is 0. The normalized spacial score (nSPS) is 11.8. The van der Waals surface area contributed by atoms with Gasteiger partial charge in [0.15, 0.2) is 0 Å². The lowest BCUT2D eigenvalue weighted by molar-refractivity contribution is 0.316. The predicted octanol–water partition coefficient (Wildman–Crippen LogP) is 2.87. The van der Waals surface area contributed by atoms with E-state index in [4.69, 9.17) is 0 Å². The average molecular weight is 272 g/mol. The summed E-state index contributed by atoms with van der Waals surface area (Å²) in [4.78, 5) is 3.89. The molecule has 20 heavy (non-hydrogen) atoms. The van der Waals surface area contributed by atoms with Gasteiger partial charge in [-0.15, -0.1) is 0 Å². The molecule has 0 atom stereocenters. The molecule has 2 rings (SSSR count). The second-order valence-corrected chi connectivity index (χ2v) is 4.71. The van der Waals surface area contributed by atoms with Crippen LogP contribution >= 0.6 is 0 Å². The molecule has 1 N–H and O–H groups in total. The minimum absolute atomic E-state index is 0.404. The number of rotatable bonds is 5. The fraction of sp³-hybridized carbons (Fsp3) is 0.400. The highest BCUT2D eigenvalue weighted by Crippen LogP contribution is 2.16. The van der Waals surface area contributed by atoms with Crippen LogP contribution in [-0.4, -0.2) is 25.8 Å². The van der Waals surface area contributed by atoms with Crippen LogP contribution in [0.5, 0.6) is 0 Å². The number of oxime groups is 1. The van der Waals surface area contributed by atoms with Crippen molar-refractivity contribution in [3.8, 4) is 0 Å². The third-order valence-electron chi connectivity index (χ3n) is 3.34. The average Bonchev–Trinajstić information content (AvgIpc) is 3.00. The lowest BCUT2D eigenvalue weighted by Gasteiger charge is -2.11. The van der Waals surface area contributed by atoms with Gasteiger partial charge in [-0.1, -0.05) is 43.6 Å². The Morgan fingerprint density at radius 1 is 1.35 bits per heavy atom. The molecule has 0 unspecified atom stereocenters. The predicted molar refractivity (Wildman–Crippen MR) is 78.2 cm³/mol. The number of aryl methyl sites for hydroxylation is 2. The van der Waals surface area contributed by atoms with E-state index in [0.717, 1.165) is 24.0 Å². The summed E-state index contributed by atoms with van der Waals surface area (Å²) < 4.78 is 1.47. The van der Waals surface area contributed by atoms with Crippen LogP contribution < -0.4 is 0 Å². The van der Waals surface area contributed by atoms with Gasteiger partial charge < -0.3 is 5.21 Å². The summed E-state index contributed by atoms with van der Waals surface area (Å²) in [7, 11) is 0. The van der Waals surface area contributed by atoms with Crippen LogP contribution in [0.3, 0.4) is 0 Å². The number of unbranched alkanes of at least 4 members (excludes halogenated alkanes) is 1. The molecular formula is C15H20N4O. The molecule has 1 heterocycles. The van der Waals surface area contributed by atoms with Crippen molar-refractivity contribution in [3.63, 3.8) is 0 Å². The molecule has 0 radical (unpaired) electrons. The third-order valence-corrected chi connectivity index (χ3v) is 3.34. The number of hydrogen-bond donors (Lipinski definition) is 1. The Morgan fingerprint density at radius 2 is 2.20 bits per heavy atom. The zero-order valence-corrected chi connectivity index (χ0v) is 12.0. The van der Waals surface area contributed by atoms with Crippen molar-refractivity contribution in [1.82, 2.24) is 14.8 Å². The van der Waals surface area contributed by atoms with Gasteiger partial charge in [-0.3, -0.25) is 0 Å². The largest absolute Gasteiger partial charge is 0.409 e. The van der Waals surface area contributed by atoms with Crippen LogP contribution in [0.2, 0.25) is 0 Å². The Balaban J connectivity index is 2.36. The third kappa shape index (κ3) is 3.04. The first-order valence-electron chi connectivity index (χ1n) is 6.99. The molecule has 5 nitrogen and oxygen atoms in total. The van der Waals surface area contributed by atoms with Gasteiger partial charge in [0.05, 0.1) is 0 Å². The van der Waals surface area contributed by atoms with Crippen molar-refractivity contribution in [2.45, 2.75) is 39.5 Å². The van der Waals surface area contributed by atoms with Gasteiger partial charge in [-0.05, 0) is 30.4 Å². The van der Waals surface area contributed by atoms with E-state index in [1.54, 1.807) is 0 Å². The van der Waals surface area contributed by atoms with E-state index in [0.29, 0.717) is 5.84 Å². The molecule has 0 bridgehead atoms. The van der Waals surface area contributed by atoms with Crippen molar-refractivity contribution in [2.24, 2.45) is 5.16 Å². The van der Waals surface area contributed by atoms with E-state index in [-0.39, 0.29) is 0 Å². The first-order chi connectivity index (χ1) is 9.80. The Hall–Kier alpha value is -2.17. The van der Waals surface area contributed by atoms with Crippen molar-refractivity contribution in [3.05, 3.63) is 47.5 Å². The molecule has 2 aromatic rings. The molecule has 0 fully saturated rings. The molecule has 0 spiro atoms. The molecule has 0 aliphatic rings. The van der Waals surface area contributed by atoms with Gasteiger partial charge in [0.25, 0.3) is 0 Å². The SMILES string of the molecule is CCCCc1ccc(C(=NO)n2cncn2)c(CC)c1. The van der Waals surface area contributed by atoms with E-state index in [9.17, 15) is 5.21 Å². The summed E-state index contributed by atoms with van der Waals surface area (Å²) in [5, 5.41) is 16.7. The Kier molecular flexibility index (Phi) is 4.87. The summed E-state index contributed by atoms with van der Waals surface area (Å²) in [6, 6.07) is 6.28. The van der Waals surface area contributed by atoms with Gasteiger partial charge in [0, 0.05) is 5.56 Å². The fourth-order valence-electron chi connectivity index (χ4n) is 2.23. The molecule has 1 aromatic carbocycles. The molecule has 0 saturated carbocycles. The van der Waals surface area contributed by atoms with Gasteiger partial charge in [0.2, 0.25) is 5.84 Å². The van der Waals surface area contributed by atoms with Crippen LogP contribution in [0.25, 0.3) is 0 Å². The van der Waals surface area contributed by atoms with Crippen molar-refractivity contribution < 1.29 is 5.21 Å². The summed E-state index contributed by atoms with van der Waals surface area (Å²) in [5.41, 5.74) is 3.37. The Morgan fingerprint density at radius 3 is 2.80 bits per heavy atom. The second kappa shape index (κ2) is 6.84. The van der Waals surface area contributed by atoms with Gasteiger partial charge >= 0.3 is 0 Å². The molecule has 5 heteroatoms. The zero-order valence-electron chi connectivity index (χ0n) is 12.0. The van der Waals surface area contributed by atoms with Crippen molar-refractivity contribution in [1.29, 1.82) is 0 Å². The van der Waals surface area contributed by atoms with Gasteiger partial charge in [-0.25, -0.2) is 4.98 Å². The van der Waals surface area contributed by atoms with Crippen LogP contribution in [0.1, 0.15) is 43.4 Å². The summed E-state index contributed by atoms with van der Waals surface area (Å²) in [6.45, 7) is 4.29. The molecular weight excluding hydrogens is 252 g/mol. The van der Waals surface area contributed by atoms with Crippen molar-refractivity contribution >= 4 is 5.84 Å². The van der Waals surface area contributed by atoms with E-state index in [1.165, 1.54) is 35.7 Å². The molecule has 0 aliphatic heterocycles. The molecule has 1 aromatic heterocycles. The van der Waals surface area contributed by atoms with Gasteiger partial charge in [-0.2, -0.15) is 9.78 Å². The maximum atomic E-state index is 9.28. The van der Waals surface area contributed by atoms with E-state index in [1.807, 2.05) is 6.07 Å². The first kappa shape index (κ1) is 14.2.